The fourth-order valence-electron chi connectivity index (χ4n) is 0.832. The molecule has 66 valence electrons. The van der Waals surface area contributed by atoms with E-state index in [9.17, 15) is 14.4 Å². The molecule has 1 aliphatic rings. The van der Waals surface area contributed by atoms with E-state index in [0.29, 0.717) is 0 Å². The Hall–Kier alpha value is -1.04. The molecule has 1 rings (SSSR count). The third-order valence-corrected chi connectivity index (χ3v) is 2.25. The average Bonchev–Trinajstić information content (AvgIpc) is 1.97. The molecule has 0 spiro atoms. The molecule has 5 nitrogen and oxygen atoms in total. The Morgan fingerprint density at radius 2 is 1.92 bits per heavy atom. The predicted molar refractivity (Wildman–Crippen MR) is 41.7 cm³/mol. The monoisotopic (exact) mass is 189 g/mol. The molecule has 0 atom stereocenters. The summed E-state index contributed by atoms with van der Waals surface area (Å²) in [4.78, 5) is 32.9. The molecule has 1 heterocycles. The van der Waals surface area contributed by atoms with Gasteiger partial charge in [0.2, 0.25) is 11.8 Å². The number of aliphatic carboxylic acids is 1. The molecule has 0 unspecified atom stereocenters. The number of carboxylic acid groups (broad SMARTS) is 1. The quantitative estimate of drug-likeness (QED) is 0.574. The molecule has 1 fully saturated rings. The van der Waals surface area contributed by atoms with Crippen molar-refractivity contribution in [2.24, 2.45) is 0 Å². The van der Waals surface area contributed by atoms with Crippen molar-refractivity contribution in [3.8, 4) is 0 Å². The van der Waals surface area contributed by atoms with Gasteiger partial charge < -0.3 is 5.11 Å². The molecule has 2 amide bonds. The standard InChI is InChI=1S/C6H7NO4S/c8-4-2-12-3-5(9)7(4)1-6(10)11/h1-3H2,(H,10,11). The normalized spacial score (nSPS) is 18.2. The van der Waals surface area contributed by atoms with Gasteiger partial charge in [-0.1, -0.05) is 0 Å². The van der Waals surface area contributed by atoms with Crippen LogP contribution in [0.4, 0.5) is 0 Å². The number of carbonyl (C=O) groups is 3. The molecule has 0 radical (unpaired) electrons. The lowest BCUT2D eigenvalue weighted by Gasteiger charge is -2.22. The van der Waals surface area contributed by atoms with Crippen molar-refractivity contribution in [1.29, 1.82) is 0 Å². The zero-order chi connectivity index (χ0) is 9.14. The number of carboxylic acids is 1. The van der Waals surface area contributed by atoms with Crippen LogP contribution in [0, 0.1) is 0 Å². The topological polar surface area (TPSA) is 74.7 Å². The highest BCUT2D eigenvalue weighted by atomic mass is 32.2. The second-order valence-corrected chi connectivity index (χ2v) is 3.25. The Morgan fingerprint density at radius 1 is 1.42 bits per heavy atom. The minimum Gasteiger partial charge on any atom is -0.480 e. The second kappa shape index (κ2) is 3.57. The molecule has 12 heavy (non-hydrogen) atoms. The third-order valence-electron chi connectivity index (χ3n) is 1.35. The zero-order valence-corrected chi connectivity index (χ0v) is 6.97. The van der Waals surface area contributed by atoms with Crippen LogP contribution in [-0.4, -0.2) is 45.8 Å². The van der Waals surface area contributed by atoms with E-state index in [0.717, 1.165) is 4.90 Å². The molecule has 1 N–H and O–H groups in total. The molecule has 0 aromatic rings. The van der Waals surface area contributed by atoms with E-state index in [4.69, 9.17) is 5.11 Å². The first-order valence-corrected chi connectivity index (χ1v) is 4.39. The summed E-state index contributed by atoms with van der Waals surface area (Å²) in [7, 11) is 0. The lowest BCUT2D eigenvalue weighted by atomic mass is 10.4. The Labute approximate surface area is 72.7 Å². The summed E-state index contributed by atoms with van der Waals surface area (Å²) < 4.78 is 0. The first-order valence-electron chi connectivity index (χ1n) is 3.24. The molecule has 0 bridgehead atoms. The van der Waals surface area contributed by atoms with Gasteiger partial charge in [-0.05, 0) is 0 Å². The van der Waals surface area contributed by atoms with Crippen LogP contribution in [0.3, 0.4) is 0 Å². The molecule has 1 aliphatic heterocycles. The second-order valence-electron chi connectivity index (χ2n) is 2.26. The minimum absolute atomic E-state index is 0.193. The maximum Gasteiger partial charge on any atom is 0.323 e. The van der Waals surface area contributed by atoms with Crippen LogP contribution in [0.2, 0.25) is 0 Å². The SMILES string of the molecule is O=C(O)CN1C(=O)CSCC1=O. The molecule has 0 saturated carbocycles. The highest BCUT2D eigenvalue weighted by Gasteiger charge is 2.27. The Bertz CT molecular complexity index is 224. The van der Waals surface area contributed by atoms with E-state index in [1.807, 2.05) is 0 Å². The van der Waals surface area contributed by atoms with Crippen LogP contribution >= 0.6 is 11.8 Å². The summed E-state index contributed by atoms with van der Waals surface area (Å²) in [6.45, 7) is -0.516. The average molecular weight is 189 g/mol. The molecule has 6 heteroatoms. The lowest BCUT2D eigenvalue weighted by molar-refractivity contribution is -0.150. The number of carbonyl (C=O) groups excluding carboxylic acids is 2. The van der Waals surface area contributed by atoms with Crippen LogP contribution in [-0.2, 0) is 14.4 Å². The molecule has 0 aromatic carbocycles. The van der Waals surface area contributed by atoms with Gasteiger partial charge in [0, 0.05) is 0 Å². The number of rotatable bonds is 2. The summed E-state index contributed by atoms with van der Waals surface area (Å²) in [5.41, 5.74) is 0. The summed E-state index contributed by atoms with van der Waals surface area (Å²) in [6, 6.07) is 0. The van der Waals surface area contributed by atoms with E-state index in [2.05, 4.69) is 0 Å². The van der Waals surface area contributed by atoms with Gasteiger partial charge in [0.05, 0.1) is 11.5 Å². The number of amides is 2. The van der Waals surface area contributed by atoms with Crippen LogP contribution < -0.4 is 0 Å². The van der Waals surface area contributed by atoms with Gasteiger partial charge in [-0.25, -0.2) is 0 Å². The van der Waals surface area contributed by atoms with Crippen LogP contribution in [0.15, 0.2) is 0 Å². The Morgan fingerprint density at radius 3 is 2.33 bits per heavy atom. The van der Waals surface area contributed by atoms with Gasteiger partial charge in [0.15, 0.2) is 0 Å². The molecular formula is C6H7NO4S. The van der Waals surface area contributed by atoms with Gasteiger partial charge in [-0.2, -0.15) is 0 Å². The zero-order valence-electron chi connectivity index (χ0n) is 6.15. The fourth-order valence-corrected chi connectivity index (χ4v) is 1.60. The number of nitrogens with zero attached hydrogens (tertiary/aromatic N) is 1. The van der Waals surface area contributed by atoms with Crippen molar-refractivity contribution >= 4 is 29.5 Å². The van der Waals surface area contributed by atoms with E-state index in [1.165, 1.54) is 11.8 Å². The summed E-state index contributed by atoms with van der Waals surface area (Å²) in [5, 5.41) is 8.35. The molecule has 0 aliphatic carbocycles. The maximum absolute atomic E-state index is 11.0. The highest BCUT2D eigenvalue weighted by molar-refractivity contribution is 8.00. The van der Waals surface area contributed by atoms with E-state index >= 15 is 0 Å². The van der Waals surface area contributed by atoms with Crippen LogP contribution in [0.1, 0.15) is 0 Å². The Balaban J connectivity index is 2.63. The van der Waals surface area contributed by atoms with E-state index in [-0.39, 0.29) is 11.5 Å². The van der Waals surface area contributed by atoms with Crippen molar-refractivity contribution in [3.63, 3.8) is 0 Å². The van der Waals surface area contributed by atoms with Crippen LogP contribution in [0.5, 0.6) is 0 Å². The smallest absolute Gasteiger partial charge is 0.323 e. The summed E-state index contributed by atoms with van der Waals surface area (Å²) in [6.07, 6.45) is 0. The van der Waals surface area contributed by atoms with Crippen molar-refractivity contribution in [3.05, 3.63) is 0 Å². The third kappa shape index (κ3) is 1.97. The van der Waals surface area contributed by atoms with Crippen molar-refractivity contribution in [1.82, 2.24) is 4.90 Å². The van der Waals surface area contributed by atoms with Gasteiger partial charge in [0.1, 0.15) is 6.54 Å². The van der Waals surface area contributed by atoms with Gasteiger partial charge in [0.25, 0.3) is 0 Å². The highest BCUT2D eigenvalue weighted by Crippen LogP contribution is 2.11. The molecular weight excluding hydrogens is 182 g/mol. The molecule has 1 saturated heterocycles. The summed E-state index contributed by atoms with van der Waals surface area (Å²) in [5.74, 6) is -1.61. The van der Waals surface area contributed by atoms with E-state index < -0.39 is 24.3 Å². The van der Waals surface area contributed by atoms with E-state index in [1.54, 1.807) is 0 Å². The number of hydrogen-bond donors (Lipinski definition) is 1. The van der Waals surface area contributed by atoms with Crippen molar-refractivity contribution in [2.75, 3.05) is 18.1 Å². The molecule has 0 aromatic heterocycles. The van der Waals surface area contributed by atoms with Crippen LogP contribution in [0.25, 0.3) is 0 Å². The number of hydrogen-bond acceptors (Lipinski definition) is 4. The van der Waals surface area contributed by atoms with Crippen molar-refractivity contribution < 1.29 is 19.5 Å². The summed E-state index contributed by atoms with van der Waals surface area (Å²) >= 11 is 1.21. The Kier molecular flexibility index (Phi) is 2.69. The fraction of sp³-hybridized carbons (Fsp3) is 0.500. The van der Waals surface area contributed by atoms with Gasteiger partial charge in [-0.15, -0.1) is 11.8 Å². The first kappa shape index (κ1) is 9.05. The lowest BCUT2D eigenvalue weighted by Crippen LogP contribution is -2.45. The maximum atomic E-state index is 11.0. The van der Waals surface area contributed by atoms with Gasteiger partial charge >= 0.3 is 5.97 Å². The predicted octanol–water partition coefficient (Wildman–Crippen LogP) is -0.827. The largest absolute Gasteiger partial charge is 0.480 e. The minimum atomic E-state index is -1.16. The van der Waals surface area contributed by atoms with Crippen molar-refractivity contribution in [2.45, 2.75) is 0 Å². The number of imide groups is 1. The first-order chi connectivity index (χ1) is 5.61. The number of thioether (sulfide) groups is 1. The van der Waals surface area contributed by atoms with Gasteiger partial charge in [-0.3, -0.25) is 19.3 Å².